The molecule has 3 aliphatic carbocycles. The Kier molecular flexibility index (Phi) is 5.89. The molecule has 10 heteroatoms. The minimum absolute atomic E-state index is 0.105. The molecule has 1 spiro atoms. The molecule has 210 valence electrons. The van der Waals surface area contributed by atoms with Crippen LogP contribution in [0.3, 0.4) is 0 Å². The number of hydrogen-bond acceptors (Lipinski definition) is 9. The highest BCUT2D eigenvalue weighted by atomic mass is 16.5. The van der Waals surface area contributed by atoms with E-state index in [1.807, 2.05) is 13.0 Å². The lowest BCUT2D eigenvalue weighted by Gasteiger charge is -2.22. The van der Waals surface area contributed by atoms with Crippen molar-refractivity contribution >= 4 is 40.0 Å². The maximum absolute atomic E-state index is 14.1. The number of aromatic nitrogens is 1. The van der Waals surface area contributed by atoms with Crippen molar-refractivity contribution in [2.75, 3.05) is 6.61 Å². The number of aromatic amines is 1. The predicted octanol–water partition coefficient (Wildman–Crippen LogP) is 3.96. The highest BCUT2D eigenvalue weighted by molar-refractivity contribution is 6.38. The highest BCUT2D eigenvalue weighted by Crippen LogP contribution is 2.57. The molecule has 6 rings (SSSR count). The van der Waals surface area contributed by atoms with Crippen molar-refractivity contribution in [1.82, 2.24) is 4.98 Å². The number of fused-ring (bicyclic) bond motifs is 5. The van der Waals surface area contributed by atoms with Crippen molar-refractivity contribution in [1.29, 1.82) is 0 Å². The number of hydrogen-bond donors (Lipinski definition) is 4. The van der Waals surface area contributed by atoms with Gasteiger partial charge in [-0.15, -0.1) is 0 Å². The number of nitrogens with one attached hydrogen (secondary N) is 1. The summed E-state index contributed by atoms with van der Waals surface area (Å²) < 4.78 is 5.23. The number of pyridine rings is 1. The zero-order valence-electron chi connectivity index (χ0n) is 22.2. The van der Waals surface area contributed by atoms with Gasteiger partial charge in [0.2, 0.25) is 5.78 Å². The first-order chi connectivity index (χ1) is 20.1. The van der Waals surface area contributed by atoms with Crippen LogP contribution in [0.2, 0.25) is 0 Å². The van der Waals surface area contributed by atoms with Crippen LogP contribution in [0.4, 0.5) is 0 Å². The van der Waals surface area contributed by atoms with Gasteiger partial charge in [-0.1, -0.05) is 36.9 Å². The number of aryl methyl sites for hydroxylation is 1. The summed E-state index contributed by atoms with van der Waals surface area (Å²) in [5, 5.41) is 34.0. The van der Waals surface area contributed by atoms with Gasteiger partial charge in [-0.05, 0) is 42.9 Å². The lowest BCUT2D eigenvalue weighted by molar-refractivity contribution is 0.0790. The van der Waals surface area contributed by atoms with E-state index in [2.05, 4.69) is 11.6 Å². The Morgan fingerprint density at radius 2 is 1.64 bits per heavy atom. The molecule has 0 radical (unpaired) electrons. The van der Waals surface area contributed by atoms with E-state index in [1.165, 1.54) is 6.08 Å². The number of rotatable bonds is 5. The molecule has 0 aliphatic heterocycles. The number of allylic oxidation sites excluding steroid dienone is 5. The number of phenolic OH excluding ortho intramolecular Hbond substituents is 3. The monoisotopic (exact) mass is 565 g/mol. The molecule has 1 heterocycles. The predicted molar refractivity (Wildman–Crippen MR) is 151 cm³/mol. The second-order valence-electron chi connectivity index (χ2n) is 10.2. The van der Waals surface area contributed by atoms with E-state index >= 15 is 0 Å². The van der Waals surface area contributed by atoms with Gasteiger partial charge < -0.3 is 25.0 Å². The van der Waals surface area contributed by atoms with Gasteiger partial charge in [-0.25, -0.2) is 0 Å². The minimum Gasteiger partial charge on any atom is -0.507 e. The van der Waals surface area contributed by atoms with Gasteiger partial charge in [0, 0.05) is 17.3 Å². The SMILES string of the molecule is C=CCOC1=CC(=O)c2c(O)c3c(c(O)c2C1=O)C(=O)C1(CCc2cc4cc(/C=C/C=C/C)[nH]c(=O)c4c(O)c21)C3=O. The molecular weight excluding hydrogens is 542 g/mol. The molecule has 0 saturated heterocycles. The molecule has 3 aliphatic rings. The number of H-pyrrole nitrogens is 1. The van der Waals surface area contributed by atoms with Crippen LogP contribution in [-0.4, -0.2) is 50.0 Å². The van der Waals surface area contributed by atoms with Crippen LogP contribution in [0.5, 0.6) is 17.2 Å². The third-order valence-electron chi connectivity index (χ3n) is 7.98. The second-order valence-corrected chi connectivity index (χ2v) is 10.2. The lowest BCUT2D eigenvalue weighted by Crippen LogP contribution is -2.36. The summed E-state index contributed by atoms with van der Waals surface area (Å²) in [5.41, 5.74) is -4.48. The van der Waals surface area contributed by atoms with Gasteiger partial charge in [0.25, 0.3) is 5.56 Å². The Bertz CT molecular complexity index is 1990. The molecule has 2 aromatic carbocycles. The van der Waals surface area contributed by atoms with Crippen LogP contribution in [0.1, 0.15) is 71.6 Å². The first-order valence-corrected chi connectivity index (χ1v) is 13.1. The van der Waals surface area contributed by atoms with Crippen molar-refractivity contribution in [3.05, 3.63) is 104 Å². The number of carbonyl (C=O) groups excluding carboxylic acids is 4. The molecule has 10 nitrogen and oxygen atoms in total. The smallest absolute Gasteiger partial charge is 0.260 e. The van der Waals surface area contributed by atoms with E-state index in [4.69, 9.17) is 4.74 Å². The highest BCUT2D eigenvalue weighted by Gasteiger charge is 2.61. The zero-order chi connectivity index (χ0) is 30.1. The van der Waals surface area contributed by atoms with E-state index in [9.17, 15) is 39.3 Å². The second kappa shape index (κ2) is 9.27. The van der Waals surface area contributed by atoms with E-state index in [1.54, 1.807) is 30.4 Å². The summed E-state index contributed by atoms with van der Waals surface area (Å²) in [5.74, 6) is -6.65. The van der Waals surface area contributed by atoms with Crippen molar-refractivity contribution in [2.24, 2.45) is 0 Å². The average Bonchev–Trinajstić information content (AvgIpc) is 3.44. The van der Waals surface area contributed by atoms with Gasteiger partial charge >= 0.3 is 0 Å². The van der Waals surface area contributed by atoms with Gasteiger partial charge in [0.15, 0.2) is 23.1 Å². The fourth-order valence-electron chi connectivity index (χ4n) is 6.22. The Hall–Kier alpha value is -5.51. The largest absolute Gasteiger partial charge is 0.507 e. The van der Waals surface area contributed by atoms with Crippen LogP contribution in [0, 0.1) is 0 Å². The van der Waals surface area contributed by atoms with Crippen molar-refractivity contribution in [3.63, 3.8) is 0 Å². The Balaban J connectivity index is 1.56. The van der Waals surface area contributed by atoms with Gasteiger partial charge in [-0.3, -0.25) is 24.0 Å². The molecule has 1 unspecified atom stereocenters. The number of Topliss-reactive ketones (excluding diaryl/α,β-unsaturated/α-hetero) is 3. The topological polar surface area (TPSA) is 171 Å². The summed E-state index contributed by atoms with van der Waals surface area (Å²) in [6.45, 7) is 5.18. The number of ether oxygens (including phenoxy) is 1. The fourth-order valence-corrected chi connectivity index (χ4v) is 6.22. The third-order valence-corrected chi connectivity index (χ3v) is 7.98. The number of carbonyl (C=O) groups is 4. The van der Waals surface area contributed by atoms with Crippen LogP contribution >= 0.6 is 0 Å². The molecule has 1 aromatic heterocycles. The molecule has 0 amide bonds. The van der Waals surface area contributed by atoms with Crippen LogP contribution in [-0.2, 0) is 16.6 Å². The number of benzene rings is 2. The summed E-state index contributed by atoms with van der Waals surface area (Å²) in [4.78, 5) is 70.0. The van der Waals surface area contributed by atoms with Gasteiger partial charge in [0.05, 0.1) is 27.6 Å². The number of ketones is 4. The van der Waals surface area contributed by atoms with Crippen LogP contribution < -0.4 is 5.56 Å². The van der Waals surface area contributed by atoms with E-state index in [-0.39, 0.29) is 30.4 Å². The molecule has 4 N–H and O–H groups in total. The van der Waals surface area contributed by atoms with Crippen LogP contribution in [0.25, 0.3) is 16.8 Å². The normalized spacial score (nSPS) is 19.2. The van der Waals surface area contributed by atoms with E-state index < -0.39 is 79.4 Å². The third kappa shape index (κ3) is 3.35. The molecule has 3 aromatic rings. The molecule has 0 saturated carbocycles. The molecule has 0 fully saturated rings. The summed E-state index contributed by atoms with van der Waals surface area (Å²) in [6.07, 6.45) is 9.16. The van der Waals surface area contributed by atoms with Crippen molar-refractivity contribution in [3.8, 4) is 17.2 Å². The average molecular weight is 566 g/mol. The fraction of sp³-hybridized carbons (Fsp3) is 0.156. The number of aromatic hydroxyl groups is 3. The minimum atomic E-state index is -2.09. The molecule has 42 heavy (non-hydrogen) atoms. The maximum Gasteiger partial charge on any atom is 0.260 e. The van der Waals surface area contributed by atoms with E-state index in [0.29, 0.717) is 16.6 Å². The molecule has 0 bridgehead atoms. The summed E-state index contributed by atoms with van der Waals surface area (Å²) in [6, 6.07) is 3.27. The van der Waals surface area contributed by atoms with Gasteiger partial charge in [0.1, 0.15) is 29.3 Å². The summed E-state index contributed by atoms with van der Waals surface area (Å²) in [7, 11) is 0. The van der Waals surface area contributed by atoms with Crippen molar-refractivity contribution < 1.29 is 39.2 Å². The zero-order valence-corrected chi connectivity index (χ0v) is 22.2. The summed E-state index contributed by atoms with van der Waals surface area (Å²) >= 11 is 0. The van der Waals surface area contributed by atoms with Gasteiger partial charge in [-0.2, -0.15) is 0 Å². The maximum atomic E-state index is 14.1. The first-order valence-electron chi connectivity index (χ1n) is 13.1. The standard InChI is InChI=1S/C32H23NO9/c1-3-5-6-7-16-12-15-11-14-8-9-32(24(14)28(38)19(15)31(41)33-16)29(39)22-23(30(32)40)27(37)21-20(26(22)36)17(34)13-18(25(21)35)42-10-4-2/h3-7,11-13,36-38H,2,8-10H2,1H3,(H,33,41)/b5-3+,7-6+. The molecule has 1 atom stereocenters. The molecular formula is C32H23NO9. The quantitative estimate of drug-likeness (QED) is 0.155. The van der Waals surface area contributed by atoms with E-state index in [0.717, 1.165) is 6.08 Å². The Labute approximate surface area is 237 Å². The first kappa shape index (κ1) is 26.7. The number of phenols is 3. The van der Waals surface area contributed by atoms with Crippen LogP contribution in [0.15, 0.2) is 59.6 Å². The Morgan fingerprint density at radius 3 is 2.31 bits per heavy atom. The Morgan fingerprint density at radius 1 is 0.952 bits per heavy atom. The van der Waals surface area contributed by atoms with Crippen molar-refractivity contribution in [2.45, 2.75) is 25.2 Å². The lowest BCUT2D eigenvalue weighted by atomic mass is 9.76.